The van der Waals surface area contributed by atoms with E-state index in [-0.39, 0.29) is 28.8 Å². The Morgan fingerprint density at radius 3 is 2.34 bits per heavy atom. The summed E-state index contributed by atoms with van der Waals surface area (Å²) in [5.41, 5.74) is 0.357. The molecule has 2 amide bonds. The zero-order chi connectivity index (χ0) is 21.6. The normalized spacial score (nSPS) is 11.7. The Labute approximate surface area is 173 Å². The van der Waals surface area contributed by atoms with E-state index >= 15 is 0 Å². The maximum absolute atomic E-state index is 13.0. The van der Waals surface area contributed by atoms with Crippen molar-refractivity contribution >= 4 is 35.1 Å². The van der Waals surface area contributed by atoms with Gasteiger partial charge in [0.2, 0.25) is 0 Å². The van der Waals surface area contributed by atoms with Crippen molar-refractivity contribution in [3.63, 3.8) is 0 Å². The van der Waals surface area contributed by atoms with Gasteiger partial charge in [0.1, 0.15) is 5.82 Å². The molecule has 2 rings (SSSR count). The van der Waals surface area contributed by atoms with Crippen LogP contribution in [-0.4, -0.2) is 30.4 Å². The zero-order valence-electron chi connectivity index (χ0n) is 16.3. The Hall–Kier alpha value is -2.93. The number of rotatable bonds is 7. The summed E-state index contributed by atoms with van der Waals surface area (Å²) in [6.07, 6.45) is 0. The van der Waals surface area contributed by atoms with Gasteiger partial charge in [0, 0.05) is 16.6 Å². The third kappa shape index (κ3) is 6.57. The highest BCUT2D eigenvalue weighted by Gasteiger charge is 2.18. The fourth-order valence-electron chi connectivity index (χ4n) is 2.26. The number of ether oxygens (including phenoxy) is 1. The average molecular weight is 421 g/mol. The Balaban J connectivity index is 2.09. The maximum Gasteiger partial charge on any atom is 0.340 e. The van der Waals surface area contributed by atoms with Crippen LogP contribution in [0.2, 0.25) is 5.02 Å². The van der Waals surface area contributed by atoms with Crippen molar-refractivity contribution in [2.24, 2.45) is 5.92 Å². The van der Waals surface area contributed by atoms with Crippen LogP contribution in [0.15, 0.2) is 42.5 Å². The summed E-state index contributed by atoms with van der Waals surface area (Å²) >= 11 is 5.97. The molecule has 154 valence electrons. The molecule has 6 nitrogen and oxygen atoms in total. The molecule has 0 saturated carbocycles. The van der Waals surface area contributed by atoms with Gasteiger partial charge in [-0.15, -0.1) is 0 Å². The molecule has 0 bridgehead atoms. The summed E-state index contributed by atoms with van der Waals surface area (Å²) in [6, 6.07) is 9.10. The van der Waals surface area contributed by atoms with Crippen molar-refractivity contribution in [1.82, 2.24) is 5.32 Å². The van der Waals surface area contributed by atoms with Gasteiger partial charge >= 0.3 is 5.97 Å². The number of nitrogens with one attached hydrogen (secondary N) is 2. The Bertz CT molecular complexity index is 900. The Morgan fingerprint density at radius 2 is 1.72 bits per heavy atom. The van der Waals surface area contributed by atoms with E-state index in [1.54, 1.807) is 0 Å². The van der Waals surface area contributed by atoms with Gasteiger partial charge < -0.3 is 15.4 Å². The van der Waals surface area contributed by atoms with Crippen LogP contribution in [0.4, 0.5) is 10.1 Å². The molecule has 8 heteroatoms. The maximum atomic E-state index is 13.0. The van der Waals surface area contributed by atoms with Gasteiger partial charge in [-0.3, -0.25) is 9.59 Å². The number of halogens is 2. The fraction of sp³-hybridized carbons (Fsp3) is 0.286. The number of benzene rings is 2. The van der Waals surface area contributed by atoms with Crippen molar-refractivity contribution in [3.05, 3.63) is 64.4 Å². The van der Waals surface area contributed by atoms with Crippen molar-refractivity contribution in [3.8, 4) is 0 Å². The lowest BCUT2D eigenvalue weighted by Crippen LogP contribution is -2.38. The number of hydrogen-bond donors (Lipinski definition) is 2. The van der Waals surface area contributed by atoms with E-state index in [2.05, 4.69) is 10.6 Å². The van der Waals surface area contributed by atoms with Crippen molar-refractivity contribution < 1.29 is 23.5 Å². The molecule has 1 atom stereocenters. The minimum atomic E-state index is -0.788. The molecule has 0 heterocycles. The van der Waals surface area contributed by atoms with Crippen LogP contribution >= 0.6 is 11.6 Å². The van der Waals surface area contributed by atoms with E-state index in [0.717, 1.165) is 12.1 Å². The first-order valence-electron chi connectivity index (χ1n) is 9.00. The summed E-state index contributed by atoms with van der Waals surface area (Å²) in [6.45, 7) is 5.32. The molecular weight excluding hydrogens is 399 g/mol. The summed E-state index contributed by atoms with van der Waals surface area (Å²) in [5, 5.41) is 5.58. The second-order valence-electron chi connectivity index (χ2n) is 6.83. The number of carbonyl (C=O) groups excluding carboxylic acids is 3. The minimum absolute atomic E-state index is 0.0366. The summed E-state index contributed by atoms with van der Waals surface area (Å²) < 4.78 is 18.1. The van der Waals surface area contributed by atoms with E-state index in [1.807, 2.05) is 20.8 Å². The number of amides is 2. The van der Waals surface area contributed by atoms with Gasteiger partial charge in [-0.25, -0.2) is 9.18 Å². The lowest BCUT2D eigenvalue weighted by Gasteiger charge is -2.17. The molecule has 29 heavy (non-hydrogen) atoms. The van der Waals surface area contributed by atoms with Gasteiger partial charge in [0.25, 0.3) is 11.8 Å². The predicted octanol–water partition coefficient (Wildman–Crippen LogP) is 4.05. The third-order valence-electron chi connectivity index (χ3n) is 4.28. The zero-order valence-corrected chi connectivity index (χ0v) is 17.0. The van der Waals surface area contributed by atoms with Crippen molar-refractivity contribution in [2.45, 2.75) is 26.8 Å². The number of esters is 1. The molecule has 0 aliphatic heterocycles. The van der Waals surface area contributed by atoms with Crippen LogP contribution in [-0.2, 0) is 9.53 Å². The number of carbonyl (C=O) groups is 3. The monoisotopic (exact) mass is 420 g/mol. The minimum Gasteiger partial charge on any atom is -0.452 e. The number of hydrogen-bond acceptors (Lipinski definition) is 4. The van der Waals surface area contributed by atoms with Crippen LogP contribution in [0, 0.1) is 11.7 Å². The van der Waals surface area contributed by atoms with Gasteiger partial charge in [0.05, 0.1) is 11.3 Å². The molecule has 0 aromatic heterocycles. The molecule has 2 N–H and O–H groups in total. The average Bonchev–Trinajstić information content (AvgIpc) is 2.66. The van der Waals surface area contributed by atoms with Crippen molar-refractivity contribution in [2.75, 3.05) is 11.9 Å². The lowest BCUT2D eigenvalue weighted by atomic mass is 10.1. The first-order valence-corrected chi connectivity index (χ1v) is 9.38. The molecule has 0 radical (unpaired) electrons. The van der Waals surface area contributed by atoms with Gasteiger partial charge in [0.15, 0.2) is 6.61 Å². The molecule has 0 aliphatic carbocycles. The first-order chi connectivity index (χ1) is 13.7. The van der Waals surface area contributed by atoms with E-state index in [9.17, 15) is 18.8 Å². The predicted molar refractivity (Wildman–Crippen MR) is 109 cm³/mol. The van der Waals surface area contributed by atoms with E-state index in [1.165, 1.54) is 30.3 Å². The largest absolute Gasteiger partial charge is 0.452 e. The molecule has 0 spiro atoms. The second kappa shape index (κ2) is 10.0. The second-order valence-corrected chi connectivity index (χ2v) is 7.26. The third-order valence-corrected chi connectivity index (χ3v) is 4.51. The van der Waals surface area contributed by atoms with Gasteiger partial charge in [-0.1, -0.05) is 25.4 Å². The van der Waals surface area contributed by atoms with Crippen molar-refractivity contribution in [1.29, 1.82) is 0 Å². The van der Waals surface area contributed by atoms with Gasteiger partial charge in [-0.05, 0) is 55.3 Å². The fourth-order valence-corrected chi connectivity index (χ4v) is 2.44. The Morgan fingerprint density at radius 1 is 1.07 bits per heavy atom. The standard InChI is InChI=1S/C21H22ClFN2O4/c1-12(2)13(3)24-19(26)11-29-21(28)17-9-6-15(22)10-18(17)25-20(27)14-4-7-16(23)8-5-14/h4-10,12-13H,11H2,1-3H3,(H,24,26)(H,25,27)/t13-/m0/s1. The van der Waals surface area contributed by atoms with Crippen LogP contribution in [0.5, 0.6) is 0 Å². The highest BCUT2D eigenvalue weighted by Crippen LogP contribution is 2.23. The van der Waals surface area contributed by atoms with E-state index < -0.39 is 30.2 Å². The molecule has 0 fully saturated rings. The van der Waals surface area contributed by atoms with E-state index in [0.29, 0.717) is 5.02 Å². The van der Waals surface area contributed by atoms with Crippen LogP contribution in [0.1, 0.15) is 41.5 Å². The lowest BCUT2D eigenvalue weighted by molar-refractivity contribution is -0.125. The SMILES string of the molecule is CC(C)[C@H](C)NC(=O)COC(=O)c1ccc(Cl)cc1NC(=O)c1ccc(F)cc1. The quantitative estimate of drug-likeness (QED) is 0.662. The summed E-state index contributed by atoms with van der Waals surface area (Å²) in [5.74, 6) is -2.00. The first kappa shape index (κ1) is 22.4. The summed E-state index contributed by atoms with van der Waals surface area (Å²) in [4.78, 5) is 36.7. The van der Waals surface area contributed by atoms with E-state index in [4.69, 9.17) is 16.3 Å². The van der Waals surface area contributed by atoms with Crippen LogP contribution < -0.4 is 10.6 Å². The van der Waals surface area contributed by atoms with Crippen LogP contribution in [0.25, 0.3) is 0 Å². The highest BCUT2D eigenvalue weighted by molar-refractivity contribution is 6.31. The van der Waals surface area contributed by atoms with Crippen LogP contribution in [0.3, 0.4) is 0 Å². The highest BCUT2D eigenvalue weighted by atomic mass is 35.5. The topological polar surface area (TPSA) is 84.5 Å². The summed E-state index contributed by atoms with van der Waals surface area (Å²) in [7, 11) is 0. The Kier molecular flexibility index (Phi) is 7.73. The number of anilines is 1. The smallest absolute Gasteiger partial charge is 0.340 e. The molecule has 2 aromatic rings. The molecule has 0 unspecified atom stereocenters. The van der Waals surface area contributed by atoms with Gasteiger partial charge in [-0.2, -0.15) is 0 Å². The molecular formula is C21H22ClFN2O4. The molecule has 0 saturated heterocycles. The molecule has 2 aromatic carbocycles. The molecule has 0 aliphatic rings.